The average Bonchev–Trinajstić information content (AvgIpc) is 2.47. The Kier molecular flexibility index (Phi) is 6.65. The molecule has 0 radical (unpaired) electrons. The zero-order valence-corrected chi connectivity index (χ0v) is 13.2. The lowest BCUT2D eigenvalue weighted by atomic mass is 10.1. The lowest BCUT2D eigenvalue weighted by molar-refractivity contribution is 0.0826. The summed E-state index contributed by atoms with van der Waals surface area (Å²) in [6.07, 6.45) is 2.09. The zero-order valence-electron chi connectivity index (χ0n) is 12.4. The molecule has 1 aliphatic heterocycles. The minimum Gasteiger partial charge on any atom is -0.348 e. The summed E-state index contributed by atoms with van der Waals surface area (Å²) in [4.78, 5) is 25.4. The van der Waals surface area contributed by atoms with Crippen molar-refractivity contribution in [2.75, 3.05) is 27.2 Å². The summed E-state index contributed by atoms with van der Waals surface area (Å²) in [5.41, 5.74) is 1.18. The first-order valence-electron chi connectivity index (χ1n) is 6.91. The first kappa shape index (κ1) is 17.5. The molecule has 1 unspecified atom stereocenters. The van der Waals surface area contributed by atoms with Crippen molar-refractivity contribution in [3.8, 4) is 0 Å². The molecule has 0 spiro atoms. The maximum atomic E-state index is 12.1. The number of nitrogens with one attached hydrogen (secondary N) is 2. The highest BCUT2D eigenvalue weighted by molar-refractivity contribution is 5.97. The molecule has 21 heavy (non-hydrogen) atoms. The fourth-order valence-electron chi connectivity index (χ4n) is 2.27. The smallest absolute Gasteiger partial charge is 0.253 e. The van der Waals surface area contributed by atoms with Gasteiger partial charge in [0, 0.05) is 37.8 Å². The van der Waals surface area contributed by atoms with Crippen molar-refractivity contribution >= 4 is 24.2 Å². The van der Waals surface area contributed by atoms with E-state index in [0.29, 0.717) is 11.1 Å². The van der Waals surface area contributed by atoms with Gasteiger partial charge in [0.2, 0.25) is 0 Å². The van der Waals surface area contributed by atoms with Gasteiger partial charge < -0.3 is 15.5 Å². The van der Waals surface area contributed by atoms with E-state index in [9.17, 15) is 9.59 Å². The van der Waals surface area contributed by atoms with Crippen LogP contribution in [0, 0.1) is 0 Å². The summed E-state index contributed by atoms with van der Waals surface area (Å²) in [5, 5.41) is 6.27. The monoisotopic (exact) mass is 311 g/mol. The molecule has 2 rings (SSSR count). The third-order valence-corrected chi connectivity index (χ3v) is 3.43. The summed E-state index contributed by atoms with van der Waals surface area (Å²) >= 11 is 0. The van der Waals surface area contributed by atoms with Gasteiger partial charge in [0.05, 0.1) is 0 Å². The van der Waals surface area contributed by atoms with E-state index < -0.39 is 0 Å². The van der Waals surface area contributed by atoms with Crippen LogP contribution in [0.2, 0.25) is 0 Å². The normalized spacial score (nSPS) is 17.5. The van der Waals surface area contributed by atoms with Gasteiger partial charge in [-0.1, -0.05) is 0 Å². The van der Waals surface area contributed by atoms with E-state index in [1.165, 1.54) is 4.90 Å². The Labute approximate surface area is 131 Å². The van der Waals surface area contributed by atoms with E-state index in [2.05, 4.69) is 10.6 Å². The number of hydrogen-bond donors (Lipinski definition) is 2. The maximum Gasteiger partial charge on any atom is 0.253 e. The van der Waals surface area contributed by atoms with Crippen LogP contribution < -0.4 is 10.6 Å². The highest BCUT2D eigenvalue weighted by Crippen LogP contribution is 2.08. The van der Waals surface area contributed by atoms with Gasteiger partial charge >= 0.3 is 0 Å². The Morgan fingerprint density at radius 1 is 1.19 bits per heavy atom. The van der Waals surface area contributed by atoms with Gasteiger partial charge in [0.25, 0.3) is 11.8 Å². The Bertz CT molecular complexity index is 482. The molecular formula is C15H22ClN3O2. The minimum absolute atomic E-state index is 0. The van der Waals surface area contributed by atoms with Crippen LogP contribution in [0.15, 0.2) is 24.3 Å². The van der Waals surface area contributed by atoms with Crippen LogP contribution in [0.3, 0.4) is 0 Å². The number of nitrogens with zero attached hydrogens (tertiary/aromatic N) is 1. The van der Waals surface area contributed by atoms with Gasteiger partial charge in [-0.25, -0.2) is 0 Å². The van der Waals surface area contributed by atoms with Crippen LogP contribution in [-0.4, -0.2) is 49.9 Å². The second-order valence-electron chi connectivity index (χ2n) is 5.29. The van der Waals surface area contributed by atoms with Gasteiger partial charge in [-0.3, -0.25) is 9.59 Å². The summed E-state index contributed by atoms with van der Waals surface area (Å²) < 4.78 is 0. The fourth-order valence-corrected chi connectivity index (χ4v) is 2.27. The first-order chi connectivity index (χ1) is 9.58. The number of amides is 2. The summed E-state index contributed by atoms with van der Waals surface area (Å²) in [7, 11) is 3.41. The van der Waals surface area contributed by atoms with E-state index in [4.69, 9.17) is 0 Å². The predicted molar refractivity (Wildman–Crippen MR) is 85.1 cm³/mol. The van der Waals surface area contributed by atoms with Crippen molar-refractivity contribution < 1.29 is 9.59 Å². The van der Waals surface area contributed by atoms with Gasteiger partial charge in [-0.2, -0.15) is 0 Å². The van der Waals surface area contributed by atoms with Crippen molar-refractivity contribution in [2.45, 2.75) is 18.9 Å². The number of benzene rings is 1. The molecule has 1 heterocycles. The summed E-state index contributed by atoms with van der Waals surface area (Å²) in [5.74, 6) is -0.143. The Morgan fingerprint density at radius 3 is 2.33 bits per heavy atom. The van der Waals surface area contributed by atoms with Gasteiger partial charge in [-0.15, -0.1) is 12.4 Å². The summed E-state index contributed by atoms with van der Waals surface area (Å²) in [6, 6.07) is 6.97. The standard InChI is InChI=1S/C15H21N3O2.ClH/c1-18(2)15(20)12-7-5-11(6-8-12)14(19)17-13-4-3-9-16-10-13;/h5-8,13,16H,3-4,9-10H2,1-2H3,(H,17,19);1H. The molecule has 0 bridgehead atoms. The van der Waals surface area contributed by atoms with E-state index >= 15 is 0 Å². The summed E-state index contributed by atoms with van der Waals surface area (Å²) in [6.45, 7) is 1.84. The molecular weight excluding hydrogens is 290 g/mol. The quantitative estimate of drug-likeness (QED) is 0.884. The number of halogens is 1. The zero-order chi connectivity index (χ0) is 14.5. The number of rotatable bonds is 3. The largest absolute Gasteiger partial charge is 0.348 e. The topological polar surface area (TPSA) is 61.4 Å². The second-order valence-corrected chi connectivity index (χ2v) is 5.29. The van der Waals surface area contributed by atoms with E-state index in [1.807, 2.05) is 0 Å². The van der Waals surface area contributed by atoms with E-state index in [-0.39, 0.29) is 30.3 Å². The van der Waals surface area contributed by atoms with Gasteiger partial charge in [0.15, 0.2) is 0 Å². The van der Waals surface area contributed by atoms with E-state index in [0.717, 1.165) is 25.9 Å². The molecule has 1 aromatic rings. The second kappa shape index (κ2) is 8.00. The molecule has 1 aliphatic rings. The third kappa shape index (κ3) is 4.72. The molecule has 1 fully saturated rings. The van der Waals surface area contributed by atoms with Crippen LogP contribution in [0.1, 0.15) is 33.6 Å². The predicted octanol–water partition coefficient (Wildman–Crippen LogP) is 1.29. The van der Waals surface area contributed by atoms with Crippen molar-refractivity contribution in [2.24, 2.45) is 0 Å². The Balaban J connectivity index is 0.00000220. The van der Waals surface area contributed by atoms with E-state index in [1.54, 1.807) is 38.4 Å². The number of carbonyl (C=O) groups excluding carboxylic acids is 2. The lowest BCUT2D eigenvalue weighted by Crippen LogP contribution is -2.45. The molecule has 1 saturated heterocycles. The molecule has 1 aromatic carbocycles. The number of hydrogen-bond acceptors (Lipinski definition) is 3. The Hall–Kier alpha value is -1.59. The third-order valence-electron chi connectivity index (χ3n) is 3.43. The van der Waals surface area contributed by atoms with Gasteiger partial charge in [0.1, 0.15) is 0 Å². The molecule has 2 N–H and O–H groups in total. The van der Waals surface area contributed by atoms with Crippen LogP contribution >= 0.6 is 12.4 Å². The molecule has 2 amide bonds. The molecule has 116 valence electrons. The van der Waals surface area contributed by atoms with Crippen LogP contribution in [0.4, 0.5) is 0 Å². The molecule has 6 heteroatoms. The average molecular weight is 312 g/mol. The Morgan fingerprint density at radius 2 is 1.81 bits per heavy atom. The highest BCUT2D eigenvalue weighted by Gasteiger charge is 2.16. The van der Waals surface area contributed by atoms with Crippen molar-refractivity contribution in [1.29, 1.82) is 0 Å². The molecule has 0 aromatic heterocycles. The molecule has 0 saturated carbocycles. The highest BCUT2D eigenvalue weighted by atomic mass is 35.5. The van der Waals surface area contributed by atoms with Crippen LogP contribution in [0.25, 0.3) is 0 Å². The van der Waals surface area contributed by atoms with Crippen LogP contribution in [0.5, 0.6) is 0 Å². The lowest BCUT2D eigenvalue weighted by Gasteiger charge is -2.23. The number of carbonyl (C=O) groups is 2. The van der Waals surface area contributed by atoms with Gasteiger partial charge in [-0.05, 0) is 43.7 Å². The number of piperidine rings is 1. The van der Waals surface area contributed by atoms with Crippen molar-refractivity contribution in [3.63, 3.8) is 0 Å². The van der Waals surface area contributed by atoms with Crippen LogP contribution in [-0.2, 0) is 0 Å². The maximum absolute atomic E-state index is 12.1. The first-order valence-corrected chi connectivity index (χ1v) is 6.91. The molecule has 5 nitrogen and oxygen atoms in total. The SMILES string of the molecule is CN(C)C(=O)c1ccc(C(=O)NC2CCCNC2)cc1.Cl. The molecule has 1 atom stereocenters. The van der Waals surface area contributed by atoms with Crippen molar-refractivity contribution in [3.05, 3.63) is 35.4 Å². The minimum atomic E-state index is -0.0810. The molecule has 0 aliphatic carbocycles. The fraction of sp³-hybridized carbons (Fsp3) is 0.467. The van der Waals surface area contributed by atoms with Crippen molar-refractivity contribution in [1.82, 2.24) is 15.5 Å².